The first-order valence-corrected chi connectivity index (χ1v) is 21.6. The van der Waals surface area contributed by atoms with Crippen LogP contribution in [0.15, 0.2) is 55.1 Å². The van der Waals surface area contributed by atoms with Crippen LogP contribution in [0.4, 0.5) is 17.5 Å². The van der Waals surface area contributed by atoms with Gasteiger partial charge in [0.05, 0.1) is 53.4 Å². The van der Waals surface area contributed by atoms with Crippen LogP contribution >= 0.6 is 0 Å². The lowest BCUT2D eigenvalue weighted by molar-refractivity contribution is 0.0594. The van der Waals surface area contributed by atoms with Gasteiger partial charge in [0.2, 0.25) is 20.0 Å². The topological polar surface area (TPSA) is 322 Å². The highest BCUT2D eigenvalue weighted by atomic mass is 32.2. The molecule has 21 nitrogen and oxygen atoms in total. The first kappa shape index (κ1) is 44.7. The lowest BCUT2D eigenvalue weighted by Crippen LogP contribution is -2.35. The summed E-state index contributed by atoms with van der Waals surface area (Å²) in [6, 6.07) is 5.97. The van der Waals surface area contributed by atoms with Crippen LogP contribution in [0.2, 0.25) is 0 Å². The minimum Gasteiger partial charge on any atom is -0.476 e. The van der Waals surface area contributed by atoms with Crippen LogP contribution in [0, 0.1) is 6.92 Å². The molecule has 0 radical (unpaired) electrons. The van der Waals surface area contributed by atoms with Crippen molar-refractivity contribution in [2.45, 2.75) is 33.6 Å². The lowest BCUT2D eigenvalue weighted by Gasteiger charge is -2.25. The number of carbonyl (C=O) groups is 2. The van der Waals surface area contributed by atoms with Gasteiger partial charge in [-0.25, -0.2) is 61.3 Å². The minimum absolute atomic E-state index is 0.0509. The molecule has 1 aromatic carbocycles. The largest absolute Gasteiger partial charge is 0.476 e. The molecular formula is C37H45N13O8S2. The number of hydrogen-bond acceptors (Lipinski definition) is 17. The number of aromatic nitrogens is 8. The monoisotopic (exact) mass is 863 g/mol. The Kier molecular flexibility index (Phi) is 14.2. The number of aryl methyl sites for hydroxylation is 1. The third-order valence-corrected chi connectivity index (χ3v) is 13.0. The fourth-order valence-corrected chi connectivity index (χ4v) is 7.99. The molecule has 0 bridgehead atoms. The zero-order valence-electron chi connectivity index (χ0n) is 33.2. The van der Waals surface area contributed by atoms with E-state index in [1.165, 1.54) is 34.3 Å². The molecule has 0 saturated heterocycles. The van der Waals surface area contributed by atoms with E-state index in [1.54, 1.807) is 26.1 Å². The summed E-state index contributed by atoms with van der Waals surface area (Å²) >= 11 is 0. The van der Waals surface area contributed by atoms with E-state index in [2.05, 4.69) is 44.6 Å². The molecule has 2 aliphatic heterocycles. The van der Waals surface area contributed by atoms with Gasteiger partial charge in [-0.05, 0) is 62.5 Å². The molecule has 5 aromatic rings. The Balaban J connectivity index is 0.000000187. The van der Waals surface area contributed by atoms with Crippen LogP contribution in [0.25, 0.3) is 33.7 Å². The highest BCUT2D eigenvalue weighted by Crippen LogP contribution is 2.28. The van der Waals surface area contributed by atoms with Gasteiger partial charge in [0, 0.05) is 38.6 Å². The van der Waals surface area contributed by atoms with Crippen molar-refractivity contribution >= 4 is 71.6 Å². The smallest absolute Gasteiger partial charge is 0.360 e. The number of aromatic amines is 1. The Morgan fingerprint density at radius 1 is 0.783 bits per heavy atom. The summed E-state index contributed by atoms with van der Waals surface area (Å²) in [5.41, 5.74) is 22.8. The van der Waals surface area contributed by atoms with Gasteiger partial charge in [-0.1, -0.05) is 18.2 Å². The molecule has 23 heteroatoms. The van der Waals surface area contributed by atoms with Crippen LogP contribution in [0.3, 0.4) is 0 Å². The number of hydrogen-bond donors (Lipinski definition) is 5. The number of ether oxygens (including phenoxy) is 1. The highest BCUT2D eigenvalue weighted by molar-refractivity contribution is 7.89. The summed E-state index contributed by atoms with van der Waals surface area (Å²) in [6.07, 6.45) is 10.5. The van der Waals surface area contributed by atoms with E-state index in [0.717, 1.165) is 27.7 Å². The molecule has 318 valence electrons. The number of H-pyrrole nitrogens is 1. The van der Waals surface area contributed by atoms with Crippen LogP contribution < -0.4 is 17.2 Å². The van der Waals surface area contributed by atoms with Crippen LogP contribution in [-0.2, 0) is 24.8 Å². The molecule has 60 heavy (non-hydrogen) atoms. The molecule has 0 spiro atoms. The molecule has 0 amide bonds. The lowest BCUT2D eigenvalue weighted by atomic mass is 10.1. The SMILES string of the molecule is CCS(=O)(=O)N1CC=C(c2cnc(N)c(-c3nc4ccc(C)cc4[nH]3)n2)CC1.CCS(=O)(=O)N1CC=C(c2cnc(N)c(C(=O)O)n2)CC1.COC(=O)c1nccnc1N. The molecule has 8 N–H and O–H groups in total. The Labute approximate surface area is 346 Å². The summed E-state index contributed by atoms with van der Waals surface area (Å²) < 4.78 is 54.9. The Bertz CT molecular complexity index is 2690. The molecule has 0 atom stereocenters. The van der Waals surface area contributed by atoms with Crippen molar-refractivity contribution in [3.8, 4) is 11.5 Å². The summed E-state index contributed by atoms with van der Waals surface area (Å²) in [7, 11) is -5.14. The number of carboxylic acids is 1. The Morgan fingerprint density at radius 2 is 1.33 bits per heavy atom. The number of methoxy groups -OCH3 is 1. The number of rotatable bonds is 9. The van der Waals surface area contributed by atoms with Crippen LogP contribution in [0.5, 0.6) is 0 Å². The molecule has 4 aromatic heterocycles. The average molecular weight is 864 g/mol. The second-order valence-electron chi connectivity index (χ2n) is 13.1. The molecule has 6 heterocycles. The highest BCUT2D eigenvalue weighted by Gasteiger charge is 2.25. The average Bonchev–Trinajstić information content (AvgIpc) is 3.67. The third-order valence-electron chi connectivity index (χ3n) is 9.29. The van der Waals surface area contributed by atoms with Crippen LogP contribution in [0.1, 0.15) is 64.6 Å². The van der Waals surface area contributed by atoms with Gasteiger partial charge in [0.25, 0.3) is 0 Å². The predicted octanol–water partition coefficient (Wildman–Crippen LogP) is 2.39. The van der Waals surface area contributed by atoms with Crippen molar-refractivity contribution in [1.29, 1.82) is 0 Å². The third kappa shape index (κ3) is 10.6. The molecule has 0 saturated carbocycles. The van der Waals surface area contributed by atoms with Gasteiger partial charge in [-0.15, -0.1) is 0 Å². The number of fused-ring (bicyclic) bond motifs is 1. The summed E-state index contributed by atoms with van der Waals surface area (Å²) in [5.74, 6) is -0.847. The number of carbonyl (C=O) groups excluding carboxylic acids is 1. The first-order chi connectivity index (χ1) is 28.5. The van der Waals surface area contributed by atoms with Gasteiger partial charge < -0.3 is 32.0 Å². The summed E-state index contributed by atoms with van der Waals surface area (Å²) in [5, 5.41) is 8.98. The molecule has 0 unspecified atom stereocenters. The fraction of sp³-hybridized carbons (Fsp3) is 0.324. The maximum absolute atomic E-state index is 12.0. The van der Waals surface area contributed by atoms with Gasteiger partial charge in [-0.3, -0.25) is 0 Å². The predicted molar refractivity (Wildman–Crippen MR) is 225 cm³/mol. The number of nitrogens with one attached hydrogen (secondary N) is 1. The molecule has 0 aliphatic carbocycles. The van der Waals surface area contributed by atoms with Crippen molar-refractivity contribution in [2.75, 3.05) is 62.0 Å². The summed E-state index contributed by atoms with van der Waals surface area (Å²) in [6.45, 7) is 6.65. The van der Waals surface area contributed by atoms with E-state index in [4.69, 9.17) is 22.3 Å². The van der Waals surface area contributed by atoms with E-state index < -0.39 is 32.0 Å². The number of benzene rings is 1. The fourth-order valence-electron chi connectivity index (χ4n) is 5.91. The number of nitrogens with two attached hydrogens (primary N) is 3. The number of nitrogens with zero attached hydrogens (tertiary/aromatic N) is 9. The minimum atomic E-state index is -3.22. The quantitative estimate of drug-likeness (QED) is 0.133. The first-order valence-electron chi connectivity index (χ1n) is 18.4. The van der Waals surface area contributed by atoms with E-state index in [1.807, 2.05) is 31.2 Å². The maximum Gasteiger partial charge on any atom is 0.360 e. The van der Waals surface area contributed by atoms with E-state index in [9.17, 15) is 26.4 Å². The molecule has 7 rings (SSSR count). The van der Waals surface area contributed by atoms with Crippen LogP contribution in [-0.4, -0.2) is 127 Å². The Morgan fingerprint density at radius 3 is 1.85 bits per heavy atom. The van der Waals surface area contributed by atoms with E-state index >= 15 is 0 Å². The zero-order chi connectivity index (χ0) is 43.8. The van der Waals surface area contributed by atoms with Gasteiger partial charge in [0.1, 0.15) is 5.69 Å². The second-order valence-corrected chi connectivity index (χ2v) is 17.7. The maximum atomic E-state index is 12.0. The van der Waals surface area contributed by atoms with Gasteiger partial charge in [0.15, 0.2) is 34.7 Å². The number of anilines is 3. The molecule has 0 fully saturated rings. The van der Waals surface area contributed by atoms with Crippen molar-refractivity contribution in [2.24, 2.45) is 0 Å². The normalized spacial score (nSPS) is 14.8. The number of nitrogen functional groups attached to an aromatic ring is 3. The van der Waals surface area contributed by atoms with Gasteiger partial charge in [-0.2, -0.15) is 8.61 Å². The number of imidazole rings is 1. The number of esters is 1. The number of carboxylic acid groups (broad SMARTS) is 1. The second kappa shape index (κ2) is 19.1. The molecular weight excluding hydrogens is 819 g/mol. The molecule has 2 aliphatic rings. The van der Waals surface area contributed by atoms with E-state index in [-0.39, 0.29) is 41.1 Å². The van der Waals surface area contributed by atoms with E-state index in [0.29, 0.717) is 61.2 Å². The number of sulfonamides is 2. The van der Waals surface area contributed by atoms with Crippen molar-refractivity contribution in [3.05, 3.63) is 83.5 Å². The summed E-state index contributed by atoms with van der Waals surface area (Å²) in [4.78, 5) is 53.8. The van der Waals surface area contributed by atoms with Crippen molar-refractivity contribution in [1.82, 2.24) is 48.5 Å². The van der Waals surface area contributed by atoms with Crippen molar-refractivity contribution < 1.29 is 36.3 Å². The standard InChI is InChI=1S/C19H22N6O2S.C12H16N4O4S.C6H7N3O2/c1-3-28(26,27)25-8-6-13(7-9-25)16-11-21-18(20)17(22-16)19-23-14-5-4-12(2)10-15(14)24-19;1-2-21(19,20)16-5-3-8(4-6-16)9-7-14-11(13)10(15-9)12(17)18;1-11-6(10)4-5(7)9-3-2-8-4/h4-6,10-11H,3,7-9H2,1-2H3,(H2,20,21)(H,23,24);3,7H,2,4-6H2,1H3,(H2,13,14)(H,17,18);2-3H,1H3,(H2,7,9). The zero-order valence-corrected chi connectivity index (χ0v) is 34.9. The van der Waals surface area contributed by atoms with Gasteiger partial charge >= 0.3 is 11.9 Å². The number of aromatic carboxylic acids is 1. The van der Waals surface area contributed by atoms with Crippen molar-refractivity contribution in [3.63, 3.8) is 0 Å². The Hall–Kier alpha value is -6.43.